The van der Waals surface area contributed by atoms with E-state index in [2.05, 4.69) is 15.9 Å². The fraction of sp³-hybridized carbons (Fsp3) is 0.250. The van der Waals surface area contributed by atoms with Crippen LogP contribution in [0.15, 0.2) is 12.1 Å². The summed E-state index contributed by atoms with van der Waals surface area (Å²) in [5.74, 6) is -4.16. The molecule has 1 N–H and O–H groups in total. The van der Waals surface area contributed by atoms with E-state index in [9.17, 15) is 13.2 Å². The maximum absolute atomic E-state index is 12.9. The minimum absolute atomic E-state index is 0.0645. The number of aliphatic hydroxyl groups is 1. The molecule has 5 heteroatoms. The molecule has 0 aliphatic heterocycles. The van der Waals surface area contributed by atoms with Gasteiger partial charge in [0.2, 0.25) is 0 Å². The van der Waals surface area contributed by atoms with Crippen molar-refractivity contribution in [3.8, 4) is 0 Å². The van der Waals surface area contributed by atoms with Crippen LogP contribution < -0.4 is 0 Å². The van der Waals surface area contributed by atoms with Crippen LogP contribution in [-0.4, -0.2) is 10.4 Å². The van der Waals surface area contributed by atoms with Crippen LogP contribution in [0, 0.1) is 17.5 Å². The molecule has 0 amide bonds. The van der Waals surface area contributed by atoms with Gasteiger partial charge in [-0.1, -0.05) is 22.0 Å². The number of hydrogen-bond donors (Lipinski definition) is 1. The fourth-order valence-corrected chi connectivity index (χ4v) is 1.23. The summed E-state index contributed by atoms with van der Waals surface area (Å²) in [4.78, 5) is 0. The number of aliphatic hydroxyl groups excluding tert-OH is 1. The summed E-state index contributed by atoms with van der Waals surface area (Å²) in [6.07, 6.45) is -1.17. The smallest absolute Gasteiger partial charge is 0.194 e. The van der Waals surface area contributed by atoms with Crippen LogP contribution in [0.3, 0.4) is 0 Å². The first-order valence-electron chi connectivity index (χ1n) is 3.45. The normalized spacial score (nSPS) is 13.0. The Labute approximate surface area is 81.3 Å². The lowest BCUT2D eigenvalue weighted by Gasteiger charge is -2.08. The van der Waals surface area contributed by atoms with Gasteiger partial charge in [0.15, 0.2) is 17.5 Å². The maximum atomic E-state index is 12.9. The second-order valence-corrected chi connectivity index (χ2v) is 3.08. The van der Waals surface area contributed by atoms with Gasteiger partial charge in [0.25, 0.3) is 0 Å². The van der Waals surface area contributed by atoms with E-state index in [1.807, 2.05) is 0 Å². The van der Waals surface area contributed by atoms with Crippen LogP contribution in [0.5, 0.6) is 0 Å². The Morgan fingerprint density at radius 3 is 2.38 bits per heavy atom. The van der Waals surface area contributed by atoms with Gasteiger partial charge >= 0.3 is 0 Å². The van der Waals surface area contributed by atoms with Gasteiger partial charge in [0.05, 0.1) is 6.10 Å². The molecule has 13 heavy (non-hydrogen) atoms. The quantitative estimate of drug-likeness (QED) is 0.636. The van der Waals surface area contributed by atoms with Crippen molar-refractivity contribution < 1.29 is 18.3 Å². The Morgan fingerprint density at radius 1 is 1.23 bits per heavy atom. The summed E-state index contributed by atoms with van der Waals surface area (Å²) in [6.45, 7) is 0. The number of hydrogen-bond acceptors (Lipinski definition) is 1. The van der Waals surface area contributed by atoms with E-state index >= 15 is 0 Å². The van der Waals surface area contributed by atoms with Crippen molar-refractivity contribution in [2.45, 2.75) is 6.10 Å². The minimum atomic E-state index is -1.56. The molecule has 0 radical (unpaired) electrons. The Kier molecular flexibility index (Phi) is 3.33. The molecule has 0 heterocycles. The molecule has 1 atom stereocenters. The second-order valence-electron chi connectivity index (χ2n) is 2.43. The zero-order valence-electron chi connectivity index (χ0n) is 6.40. The van der Waals surface area contributed by atoms with Crippen LogP contribution in [-0.2, 0) is 0 Å². The summed E-state index contributed by atoms with van der Waals surface area (Å²) in [5.41, 5.74) is -0.254. The van der Waals surface area contributed by atoms with Crippen LogP contribution in [0.25, 0.3) is 0 Å². The van der Waals surface area contributed by atoms with Crippen LogP contribution >= 0.6 is 15.9 Å². The van der Waals surface area contributed by atoms with Crippen molar-refractivity contribution in [2.75, 3.05) is 5.33 Å². The van der Waals surface area contributed by atoms with Gasteiger partial charge in [-0.25, -0.2) is 13.2 Å². The lowest BCUT2D eigenvalue weighted by Crippen LogP contribution is -2.04. The highest BCUT2D eigenvalue weighted by molar-refractivity contribution is 9.09. The zero-order chi connectivity index (χ0) is 10.0. The molecule has 1 rings (SSSR count). The number of benzene rings is 1. The third-order valence-corrected chi connectivity index (χ3v) is 2.18. The van der Waals surface area contributed by atoms with Crippen molar-refractivity contribution in [1.29, 1.82) is 0 Å². The molecule has 0 aromatic heterocycles. The molecular weight excluding hydrogens is 249 g/mol. The molecule has 0 bridgehead atoms. The molecule has 0 spiro atoms. The van der Waals surface area contributed by atoms with Crippen molar-refractivity contribution in [1.82, 2.24) is 0 Å². The molecule has 1 aromatic carbocycles. The van der Waals surface area contributed by atoms with E-state index in [1.54, 1.807) is 0 Å². The predicted octanol–water partition coefficient (Wildman–Crippen LogP) is 2.53. The fourth-order valence-electron chi connectivity index (χ4n) is 0.881. The lowest BCUT2D eigenvalue weighted by molar-refractivity contribution is 0.198. The predicted molar refractivity (Wildman–Crippen MR) is 45.1 cm³/mol. The monoisotopic (exact) mass is 254 g/mol. The Bertz CT molecular complexity index is 317. The van der Waals surface area contributed by atoms with Gasteiger partial charge in [-0.05, 0) is 6.07 Å². The molecular formula is C8H6BrF3O. The first kappa shape index (κ1) is 10.5. The Morgan fingerprint density at radius 2 is 1.85 bits per heavy atom. The first-order chi connectivity index (χ1) is 6.07. The molecule has 72 valence electrons. The van der Waals surface area contributed by atoms with Gasteiger partial charge in [0.1, 0.15) is 0 Å². The van der Waals surface area contributed by atoms with Crippen LogP contribution in [0.1, 0.15) is 11.7 Å². The molecule has 0 saturated heterocycles. The SMILES string of the molecule is OC(CBr)c1ccc(F)c(F)c1F. The van der Waals surface area contributed by atoms with E-state index in [1.165, 1.54) is 0 Å². The molecule has 0 saturated carbocycles. The van der Waals surface area contributed by atoms with Gasteiger partial charge in [-0.15, -0.1) is 0 Å². The highest BCUT2D eigenvalue weighted by Crippen LogP contribution is 2.22. The third-order valence-electron chi connectivity index (χ3n) is 1.57. The van der Waals surface area contributed by atoms with E-state index in [0.29, 0.717) is 0 Å². The van der Waals surface area contributed by atoms with E-state index < -0.39 is 23.6 Å². The van der Waals surface area contributed by atoms with Crippen LogP contribution in [0.4, 0.5) is 13.2 Å². The average molecular weight is 255 g/mol. The van der Waals surface area contributed by atoms with Crippen molar-refractivity contribution in [3.05, 3.63) is 35.1 Å². The lowest BCUT2D eigenvalue weighted by atomic mass is 10.1. The molecule has 0 aliphatic carbocycles. The first-order valence-corrected chi connectivity index (χ1v) is 4.57. The Balaban J connectivity index is 3.18. The Hall–Kier alpha value is -0.550. The highest BCUT2D eigenvalue weighted by atomic mass is 79.9. The van der Waals surface area contributed by atoms with E-state index in [0.717, 1.165) is 12.1 Å². The largest absolute Gasteiger partial charge is 0.387 e. The summed E-state index contributed by atoms with van der Waals surface area (Å²) < 4.78 is 37.9. The second kappa shape index (κ2) is 4.11. The van der Waals surface area contributed by atoms with Gasteiger partial charge in [0, 0.05) is 10.9 Å². The minimum Gasteiger partial charge on any atom is -0.387 e. The van der Waals surface area contributed by atoms with Gasteiger partial charge in [-0.3, -0.25) is 0 Å². The molecule has 1 aromatic rings. The van der Waals surface area contributed by atoms with Gasteiger partial charge < -0.3 is 5.11 Å². The number of rotatable bonds is 2. The zero-order valence-corrected chi connectivity index (χ0v) is 7.98. The third kappa shape index (κ3) is 2.03. The van der Waals surface area contributed by atoms with E-state index in [4.69, 9.17) is 5.11 Å². The highest BCUT2D eigenvalue weighted by Gasteiger charge is 2.17. The standard InChI is InChI=1S/C8H6BrF3O/c9-3-6(13)4-1-2-5(10)8(12)7(4)11/h1-2,6,13H,3H2. The van der Waals surface area contributed by atoms with Crippen molar-refractivity contribution >= 4 is 15.9 Å². The summed E-state index contributed by atoms with van der Waals surface area (Å²) in [7, 11) is 0. The van der Waals surface area contributed by atoms with E-state index in [-0.39, 0.29) is 10.9 Å². The van der Waals surface area contributed by atoms with Crippen molar-refractivity contribution in [2.24, 2.45) is 0 Å². The summed E-state index contributed by atoms with van der Waals surface area (Å²) in [5, 5.41) is 9.21. The van der Waals surface area contributed by atoms with Crippen molar-refractivity contribution in [3.63, 3.8) is 0 Å². The average Bonchev–Trinajstić information content (AvgIpc) is 2.13. The molecule has 0 aliphatic rings. The molecule has 0 fully saturated rings. The number of alkyl halides is 1. The number of halogens is 4. The summed E-state index contributed by atoms with van der Waals surface area (Å²) in [6, 6.07) is 1.79. The van der Waals surface area contributed by atoms with Crippen LogP contribution in [0.2, 0.25) is 0 Å². The molecule has 1 nitrogen and oxygen atoms in total. The summed E-state index contributed by atoms with van der Waals surface area (Å²) >= 11 is 2.90. The topological polar surface area (TPSA) is 20.2 Å². The molecule has 1 unspecified atom stereocenters. The maximum Gasteiger partial charge on any atom is 0.194 e. The van der Waals surface area contributed by atoms with Gasteiger partial charge in [-0.2, -0.15) is 0 Å².